The van der Waals surface area contributed by atoms with Gasteiger partial charge in [-0.15, -0.1) is 0 Å². The molecule has 1 atom stereocenters. The first kappa shape index (κ1) is 16.0. The first-order valence-electron chi connectivity index (χ1n) is 7.48. The van der Waals surface area contributed by atoms with Gasteiger partial charge in [0.15, 0.2) is 0 Å². The lowest BCUT2D eigenvalue weighted by Crippen LogP contribution is -2.04. The van der Waals surface area contributed by atoms with Crippen molar-refractivity contribution in [2.75, 3.05) is 6.61 Å². The minimum atomic E-state index is -0.290. The second kappa shape index (κ2) is 7.61. The van der Waals surface area contributed by atoms with E-state index in [-0.39, 0.29) is 11.7 Å². The van der Waals surface area contributed by atoms with Gasteiger partial charge in [0, 0.05) is 6.42 Å². The molecule has 2 aromatic rings. The number of benzene rings is 2. The predicted octanol–water partition coefficient (Wildman–Crippen LogP) is 5.03. The van der Waals surface area contributed by atoms with Gasteiger partial charge in [0.2, 0.25) is 0 Å². The molecule has 0 aromatic heterocycles. The Morgan fingerprint density at radius 2 is 1.59 bits per heavy atom. The summed E-state index contributed by atoms with van der Waals surface area (Å²) < 4.78 is 18.6. The van der Waals surface area contributed by atoms with Crippen LogP contribution in [0.3, 0.4) is 0 Å². The number of ether oxygens (including phenoxy) is 1. The summed E-state index contributed by atoms with van der Waals surface area (Å²) in [7, 11) is 0. The van der Waals surface area contributed by atoms with E-state index < -0.39 is 0 Å². The molecule has 0 saturated heterocycles. The van der Waals surface area contributed by atoms with Crippen molar-refractivity contribution in [2.45, 2.75) is 32.1 Å². The maximum Gasteiger partial charge on any atom is 0.123 e. The minimum absolute atomic E-state index is 0.282. The van der Waals surface area contributed by atoms with Crippen LogP contribution in [0.5, 0.6) is 5.75 Å². The summed E-state index contributed by atoms with van der Waals surface area (Å²) in [5, 5.41) is 9.24. The fraction of sp³-hybridized carbons (Fsp3) is 0.316. The van der Waals surface area contributed by atoms with Crippen molar-refractivity contribution in [3.05, 3.63) is 65.5 Å². The molecule has 1 unspecified atom stereocenters. The Labute approximate surface area is 131 Å². The zero-order valence-corrected chi connectivity index (χ0v) is 12.9. The Bertz CT molecular complexity index is 626. The summed E-state index contributed by atoms with van der Waals surface area (Å²) in [5.74, 6) is 0.730. The number of hydrogen-bond donors (Lipinski definition) is 0. The van der Waals surface area contributed by atoms with Crippen molar-refractivity contribution in [1.82, 2.24) is 0 Å². The van der Waals surface area contributed by atoms with E-state index in [0.29, 0.717) is 18.9 Å². The van der Waals surface area contributed by atoms with E-state index >= 15 is 0 Å². The minimum Gasteiger partial charge on any atom is -0.494 e. The molecular weight excluding hydrogens is 277 g/mol. The van der Waals surface area contributed by atoms with Crippen LogP contribution in [0.1, 0.15) is 43.2 Å². The molecule has 0 N–H and O–H groups in total. The van der Waals surface area contributed by atoms with Crippen LogP contribution in [0.2, 0.25) is 0 Å². The first-order chi connectivity index (χ1) is 10.6. The Hall–Kier alpha value is -2.34. The van der Waals surface area contributed by atoms with Crippen LogP contribution < -0.4 is 4.74 Å². The molecule has 0 heterocycles. The van der Waals surface area contributed by atoms with Crippen molar-refractivity contribution in [3.63, 3.8) is 0 Å². The smallest absolute Gasteiger partial charge is 0.123 e. The molecule has 2 rings (SSSR count). The van der Waals surface area contributed by atoms with Crippen molar-refractivity contribution in [1.29, 1.82) is 5.26 Å². The predicted molar refractivity (Wildman–Crippen MR) is 85.4 cm³/mol. The zero-order chi connectivity index (χ0) is 15.9. The first-order valence-corrected chi connectivity index (χ1v) is 7.48. The highest BCUT2D eigenvalue weighted by Crippen LogP contribution is 2.21. The third-order valence-electron chi connectivity index (χ3n) is 3.65. The Morgan fingerprint density at radius 3 is 2.14 bits per heavy atom. The third kappa shape index (κ3) is 4.33. The van der Waals surface area contributed by atoms with Crippen LogP contribution >= 0.6 is 0 Å². The highest BCUT2D eigenvalue weighted by Gasteiger charge is 2.11. The summed E-state index contributed by atoms with van der Waals surface area (Å²) in [6.45, 7) is 4.75. The number of hydrogen-bond acceptors (Lipinski definition) is 2. The van der Waals surface area contributed by atoms with Crippen LogP contribution in [0.25, 0.3) is 0 Å². The normalized spacial score (nSPS) is 12.0. The maximum absolute atomic E-state index is 12.9. The van der Waals surface area contributed by atoms with Gasteiger partial charge in [-0.05, 0) is 41.3 Å². The number of rotatable bonds is 6. The lowest BCUT2D eigenvalue weighted by atomic mass is 9.98. The number of halogens is 1. The molecule has 0 bridgehead atoms. The lowest BCUT2D eigenvalue weighted by Gasteiger charge is -2.12. The van der Waals surface area contributed by atoms with Crippen molar-refractivity contribution < 1.29 is 9.13 Å². The topological polar surface area (TPSA) is 33.0 Å². The van der Waals surface area contributed by atoms with Gasteiger partial charge < -0.3 is 4.74 Å². The van der Waals surface area contributed by atoms with E-state index in [0.717, 1.165) is 11.3 Å². The molecule has 3 heteroatoms. The Balaban J connectivity index is 1.89. The summed E-state index contributed by atoms with van der Waals surface area (Å²) in [5.41, 5.74) is 2.09. The molecule has 0 amide bonds. The molecule has 0 fully saturated rings. The van der Waals surface area contributed by atoms with Gasteiger partial charge in [-0.25, -0.2) is 4.39 Å². The molecular formula is C19H20FNO. The van der Waals surface area contributed by atoms with E-state index in [4.69, 9.17) is 4.74 Å². The Kier molecular flexibility index (Phi) is 5.55. The fourth-order valence-corrected chi connectivity index (χ4v) is 2.24. The summed E-state index contributed by atoms with van der Waals surface area (Å²) in [4.78, 5) is 0. The van der Waals surface area contributed by atoms with E-state index in [1.165, 1.54) is 17.7 Å². The lowest BCUT2D eigenvalue weighted by molar-refractivity contribution is 0.306. The molecule has 0 aliphatic carbocycles. The highest BCUT2D eigenvalue weighted by atomic mass is 19.1. The highest BCUT2D eigenvalue weighted by molar-refractivity contribution is 5.29. The molecule has 2 aromatic carbocycles. The van der Waals surface area contributed by atoms with Crippen molar-refractivity contribution in [3.8, 4) is 11.8 Å². The quantitative estimate of drug-likeness (QED) is 0.749. The molecule has 0 aliphatic rings. The summed E-state index contributed by atoms with van der Waals surface area (Å²) in [6, 6.07) is 16.3. The van der Waals surface area contributed by atoms with E-state index in [1.807, 2.05) is 12.1 Å². The number of nitrogens with zero attached hydrogens (tertiary/aromatic N) is 1. The average Bonchev–Trinajstić information content (AvgIpc) is 2.53. The molecule has 22 heavy (non-hydrogen) atoms. The molecule has 114 valence electrons. The summed E-state index contributed by atoms with van der Waals surface area (Å²) in [6.07, 6.45) is 0.577. The van der Waals surface area contributed by atoms with Gasteiger partial charge in [0.05, 0.1) is 18.6 Å². The number of nitriles is 1. The largest absolute Gasteiger partial charge is 0.494 e. The molecule has 0 radical (unpaired) electrons. The van der Waals surface area contributed by atoms with Crippen LogP contribution in [-0.4, -0.2) is 6.61 Å². The Morgan fingerprint density at radius 1 is 1.00 bits per heavy atom. The second-order valence-corrected chi connectivity index (χ2v) is 5.59. The monoisotopic (exact) mass is 297 g/mol. The average molecular weight is 297 g/mol. The maximum atomic E-state index is 12.9. The van der Waals surface area contributed by atoms with Crippen LogP contribution in [0.15, 0.2) is 48.5 Å². The summed E-state index contributed by atoms with van der Waals surface area (Å²) >= 11 is 0. The van der Waals surface area contributed by atoms with E-state index in [9.17, 15) is 9.65 Å². The van der Waals surface area contributed by atoms with Crippen molar-refractivity contribution in [2.24, 2.45) is 0 Å². The van der Waals surface area contributed by atoms with Gasteiger partial charge in [0.1, 0.15) is 11.6 Å². The van der Waals surface area contributed by atoms with E-state index in [1.54, 1.807) is 12.1 Å². The van der Waals surface area contributed by atoms with Crippen molar-refractivity contribution >= 4 is 0 Å². The molecule has 0 saturated carbocycles. The van der Waals surface area contributed by atoms with Gasteiger partial charge in [-0.1, -0.05) is 38.1 Å². The SMILES string of the molecule is CC(C)c1ccc(OCCC(C#N)c2ccc(F)cc2)cc1. The standard InChI is InChI=1S/C19H20FNO/c1-14(2)15-5-9-19(10-6-15)22-12-11-17(13-21)16-3-7-18(20)8-4-16/h3-10,14,17H,11-12H2,1-2H3. The van der Waals surface area contributed by atoms with E-state index in [2.05, 4.69) is 32.0 Å². The molecule has 0 spiro atoms. The molecule has 0 aliphatic heterocycles. The van der Waals surface area contributed by atoms with Crippen LogP contribution in [0.4, 0.5) is 4.39 Å². The third-order valence-corrected chi connectivity index (χ3v) is 3.65. The zero-order valence-electron chi connectivity index (χ0n) is 12.9. The second-order valence-electron chi connectivity index (χ2n) is 5.59. The fourth-order valence-electron chi connectivity index (χ4n) is 2.24. The van der Waals surface area contributed by atoms with Crippen LogP contribution in [-0.2, 0) is 0 Å². The van der Waals surface area contributed by atoms with Gasteiger partial charge >= 0.3 is 0 Å². The van der Waals surface area contributed by atoms with Crippen LogP contribution in [0, 0.1) is 17.1 Å². The molecule has 2 nitrogen and oxygen atoms in total. The van der Waals surface area contributed by atoms with Gasteiger partial charge in [-0.2, -0.15) is 5.26 Å². The van der Waals surface area contributed by atoms with Gasteiger partial charge in [0.25, 0.3) is 0 Å². The van der Waals surface area contributed by atoms with Gasteiger partial charge in [-0.3, -0.25) is 0 Å².